The molecule has 5 atom stereocenters. The molecule has 0 spiro atoms. The molecule has 0 aliphatic carbocycles. The molecule has 4 amide bonds. The Bertz CT molecular complexity index is 2920. The van der Waals surface area contributed by atoms with Crippen molar-refractivity contribution in [1.82, 2.24) is 34.3 Å². The average molecular weight is 1020 g/mol. The maximum Gasteiger partial charge on any atom is 0.404 e. The SMILES string of the molecule is CC(C)CC(=O)N1CCCC1c1ncc(-c2cc(F)c3c(c2)OC(c2ccc(C(C)C)s2)n2c-3cc3cc(-c4cnc(C5CCCN5C(=O)CC5CC(C)OC(C)C5)[nH]4)ccc32)[nH]1.COC(N)=O.COC(N)=O. The van der Waals surface area contributed by atoms with Gasteiger partial charge in [-0.2, -0.15) is 0 Å². The molecular weight excluding hydrogens is 954 g/mol. The van der Waals surface area contributed by atoms with Crippen LogP contribution in [0.15, 0.2) is 60.9 Å². The van der Waals surface area contributed by atoms with Crippen molar-refractivity contribution in [3.63, 3.8) is 0 Å². The van der Waals surface area contributed by atoms with Crippen molar-refractivity contribution in [1.29, 1.82) is 0 Å². The molecule has 73 heavy (non-hydrogen) atoms. The standard InChI is InChI=1S/C50H58FN7O4S.2C2H5NO2/c1-27(2)17-45(59)56-15-7-9-39(56)49-53-26-37(55-49)33-22-35(51)47-41-23-34-21-32(11-12-38(34)58(41)50(62-42(47)24-33)44-14-13-43(63-44)28(3)4)36-25-52-48(54-36)40-10-8-16-57(40)46(60)20-31-18-29(5)61-30(6)19-31;2*1-5-2(3)4/h11-14,21-31,39-40,50H,7-10,15-20H2,1-6H3,(H,52,54)(H,53,55);2*1H3,(H2,3,4). The van der Waals surface area contributed by atoms with Gasteiger partial charge >= 0.3 is 12.2 Å². The molecule has 4 aliphatic heterocycles. The number of amides is 4. The third-order valence-electron chi connectivity index (χ3n) is 13.9. The second-order valence-electron chi connectivity index (χ2n) is 20.2. The van der Waals surface area contributed by atoms with Gasteiger partial charge < -0.3 is 50.2 Å². The first-order valence-electron chi connectivity index (χ1n) is 25.2. The Hall–Kier alpha value is -6.73. The normalized spacial score (nSPS) is 21.2. The van der Waals surface area contributed by atoms with Crippen LogP contribution >= 0.6 is 11.3 Å². The van der Waals surface area contributed by atoms with Crippen LogP contribution in [0.1, 0.15) is 139 Å². The monoisotopic (exact) mass is 1020 g/mol. The maximum absolute atomic E-state index is 16.8. The quantitative estimate of drug-likeness (QED) is 0.101. The summed E-state index contributed by atoms with van der Waals surface area (Å²) in [6.45, 7) is 14.2. The van der Waals surface area contributed by atoms with Crippen molar-refractivity contribution in [2.75, 3.05) is 27.3 Å². The van der Waals surface area contributed by atoms with Gasteiger partial charge in [-0.05, 0) is 113 Å². The highest BCUT2D eigenvalue weighted by atomic mass is 32.1. The van der Waals surface area contributed by atoms with Crippen LogP contribution in [-0.2, 0) is 23.8 Å². The van der Waals surface area contributed by atoms with Crippen LogP contribution in [0.5, 0.6) is 5.75 Å². The average Bonchev–Trinajstić information content (AvgIpc) is 4.21. The van der Waals surface area contributed by atoms with Crippen LogP contribution in [0.25, 0.3) is 44.7 Å². The minimum absolute atomic E-state index is 0.0834. The van der Waals surface area contributed by atoms with E-state index < -0.39 is 18.4 Å². The predicted molar refractivity (Wildman–Crippen MR) is 277 cm³/mol. The van der Waals surface area contributed by atoms with E-state index in [0.717, 1.165) is 89.4 Å². The Kier molecular flexibility index (Phi) is 16.3. The summed E-state index contributed by atoms with van der Waals surface area (Å²) in [6.07, 6.45) is 8.41. The van der Waals surface area contributed by atoms with E-state index in [0.29, 0.717) is 53.8 Å². The number of H-pyrrole nitrogens is 2. The van der Waals surface area contributed by atoms with Crippen molar-refractivity contribution in [3.8, 4) is 39.5 Å². The van der Waals surface area contributed by atoms with E-state index in [4.69, 9.17) is 19.4 Å². The van der Waals surface area contributed by atoms with Gasteiger partial charge in [0.05, 0.1) is 83.9 Å². The van der Waals surface area contributed by atoms with Crippen LogP contribution in [0.4, 0.5) is 14.0 Å². The molecule has 17 nitrogen and oxygen atoms in total. The Balaban J connectivity index is 0.000000650. The number of aromatic amines is 2. The highest BCUT2D eigenvalue weighted by Gasteiger charge is 2.37. The zero-order valence-electron chi connectivity index (χ0n) is 42.9. The number of rotatable bonds is 10. The Morgan fingerprint density at radius 1 is 0.808 bits per heavy atom. The molecule has 0 saturated carbocycles. The molecule has 6 N–H and O–H groups in total. The third kappa shape index (κ3) is 11.7. The number of hydrogen-bond donors (Lipinski definition) is 4. The summed E-state index contributed by atoms with van der Waals surface area (Å²) in [5, 5.41) is 0.952. The highest BCUT2D eigenvalue weighted by molar-refractivity contribution is 7.12. The lowest BCUT2D eigenvalue weighted by atomic mass is 9.89. The fourth-order valence-corrected chi connectivity index (χ4v) is 11.7. The number of likely N-dealkylation sites (tertiary alicyclic amines) is 2. The number of carbonyl (C=O) groups excluding carboxylic acids is 4. The van der Waals surface area contributed by atoms with Gasteiger partial charge in [-0.1, -0.05) is 33.8 Å². The molecule has 10 rings (SSSR count). The molecule has 8 heterocycles. The number of primary amides is 2. The van der Waals surface area contributed by atoms with Crippen LogP contribution in [0, 0.1) is 17.7 Å². The number of imidazole rings is 2. The first-order valence-corrected chi connectivity index (χ1v) is 26.0. The molecular formula is C54H68FN9O8S. The molecule has 0 bridgehead atoms. The minimum Gasteiger partial charge on any atom is -0.464 e. The number of thiophene rings is 1. The summed E-state index contributed by atoms with van der Waals surface area (Å²) in [4.78, 5) is 68.4. The van der Waals surface area contributed by atoms with Crippen molar-refractivity contribution < 1.29 is 42.5 Å². The van der Waals surface area contributed by atoms with Gasteiger partial charge in [0.2, 0.25) is 18.0 Å². The van der Waals surface area contributed by atoms with E-state index in [1.165, 1.54) is 19.1 Å². The first-order chi connectivity index (χ1) is 34.9. The summed E-state index contributed by atoms with van der Waals surface area (Å²) >= 11 is 1.72. The number of fused-ring (bicyclic) bond motifs is 5. The van der Waals surface area contributed by atoms with Gasteiger partial charge in [-0.25, -0.2) is 23.9 Å². The molecule has 4 aliphatic rings. The number of carbonyl (C=O) groups is 4. The lowest BCUT2D eigenvalue weighted by Gasteiger charge is -2.33. The van der Waals surface area contributed by atoms with Gasteiger partial charge in [0.25, 0.3) is 0 Å². The zero-order valence-corrected chi connectivity index (χ0v) is 43.7. The topological polar surface area (TPSA) is 226 Å². The fourth-order valence-electron chi connectivity index (χ4n) is 10.6. The largest absolute Gasteiger partial charge is 0.464 e. The molecule has 2 aromatic carbocycles. The van der Waals surface area contributed by atoms with Gasteiger partial charge in [0.15, 0.2) is 0 Å². The molecule has 6 aromatic rings. The summed E-state index contributed by atoms with van der Waals surface area (Å²) < 4.78 is 39.5. The lowest BCUT2D eigenvalue weighted by Crippen LogP contribution is -2.36. The van der Waals surface area contributed by atoms with E-state index >= 15 is 4.39 Å². The fraction of sp³-hybridized carbons (Fsp3) is 0.481. The van der Waals surface area contributed by atoms with Crippen LogP contribution in [0.3, 0.4) is 0 Å². The van der Waals surface area contributed by atoms with Crippen molar-refractivity contribution >= 4 is 46.2 Å². The number of hydrogen-bond acceptors (Lipinski definition) is 11. The summed E-state index contributed by atoms with van der Waals surface area (Å²) in [6, 6.07) is 15.9. The van der Waals surface area contributed by atoms with Crippen molar-refractivity contribution in [2.24, 2.45) is 23.3 Å². The van der Waals surface area contributed by atoms with Gasteiger partial charge in [-0.15, -0.1) is 11.3 Å². The van der Waals surface area contributed by atoms with Gasteiger partial charge in [-0.3, -0.25) is 14.2 Å². The maximum atomic E-state index is 16.8. The number of ether oxygens (including phenoxy) is 4. The highest BCUT2D eigenvalue weighted by Crippen LogP contribution is 2.49. The molecule has 19 heteroatoms. The van der Waals surface area contributed by atoms with E-state index in [2.05, 4.69) is 113 Å². The number of benzene rings is 2. The van der Waals surface area contributed by atoms with E-state index in [1.807, 2.05) is 22.1 Å². The summed E-state index contributed by atoms with van der Waals surface area (Å²) in [5.41, 5.74) is 14.1. The number of nitrogens with zero attached hydrogens (tertiary/aromatic N) is 5. The molecule has 0 radical (unpaired) electrons. The second kappa shape index (κ2) is 22.6. The van der Waals surface area contributed by atoms with E-state index in [1.54, 1.807) is 23.6 Å². The predicted octanol–water partition coefficient (Wildman–Crippen LogP) is 10.7. The van der Waals surface area contributed by atoms with E-state index in [-0.39, 0.29) is 47.8 Å². The number of methoxy groups -OCH3 is 2. The zero-order chi connectivity index (χ0) is 52.2. The minimum atomic E-state index is -0.745. The van der Waals surface area contributed by atoms with Crippen LogP contribution < -0.4 is 16.2 Å². The lowest BCUT2D eigenvalue weighted by molar-refractivity contribution is -0.135. The van der Waals surface area contributed by atoms with Crippen molar-refractivity contribution in [2.45, 2.75) is 129 Å². The van der Waals surface area contributed by atoms with Gasteiger partial charge in [0, 0.05) is 47.3 Å². The van der Waals surface area contributed by atoms with Crippen LogP contribution in [-0.4, -0.2) is 97.8 Å². The van der Waals surface area contributed by atoms with Gasteiger partial charge in [0.1, 0.15) is 23.2 Å². The molecule has 4 aromatic heterocycles. The second-order valence-corrected chi connectivity index (χ2v) is 21.3. The number of halogens is 1. The summed E-state index contributed by atoms with van der Waals surface area (Å²) in [5.74, 6) is 2.91. The third-order valence-corrected chi connectivity index (χ3v) is 15.3. The Labute approximate surface area is 429 Å². The van der Waals surface area contributed by atoms with Crippen LogP contribution in [0.2, 0.25) is 0 Å². The van der Waals surface area contributed by atoms with Crippen molar-refractivity contribution in [3.05, 3.63) is 88.1 Å². The Morgan fingerprint density at radius 3 is 1.96 bits per heavy atom. The number of nitrogens with one attached hydrogen (secondary N) is 2. The van der Waals surface area contributed by atoms with E-state index in [9.17, 15) is 19.2 Å². The summed E-state index contributed by atoms with van der Waals surface area (Å²) in [7, 11) is 2.45. The number of nitrogens with two attached hydrogens (primary N) is 2. The Morgan fingerprint density at radius 2 is 1.40 bits per heavy atom. The molecule has 390 valence electrons. The smallest absolute Gasteiger partial charge is 0.404 e. The first kappa shape index (κ1) is 52.6. The number of aromatic nitrogens is 5. The molecule has 3 fully saturated rings. The molecule has 3 saturated heterocycles. The molecule has 5 unspecified atom stereocenters.